The molecule has 0 unspecified atom stereocenters. The van der Waals surface area contributed by atoms with Crippen LogP contribution < -0.4 is 14.8 Å². The SMILES string of the molecule is COc1ccc(-c2ccc(CO)o2)cc1NC(=O)COc1c(C)cc(C)cc1Cl. The lowest BCUT2D eigenvalue weighted by atomic mass is 10.1. The van der Waals surface area contributed by atoms with Gasteiger partial charge in [0.05, 0.1) is 17.8 Å². The summed E-state index contributed by atoms with van der Waals surface area (Å²) in [6, 6.07) is 12.5. The van der Waals surface area contributed by atoms with Crippen LogP contribution in [0.2, 0.25) is 5.02 Å². The molecule has 0 atom stereocenters. The number of rotatable bonds is 7. The van der Waals surface area contributed by atoms with Crippen molar-refractivity contribution in [3.8, 4) is 22.8 Å². The molecule has 0 fully saturated rings. The van der Waals surface area contributed by atoms with Crippen LogP contribution >= 0.6 is 11.6 Å². The van der Waals surface area contributed by atoms with Crippen molar-refractivity contribution in [3.63, 3.8) is 0 Å². The number of nitrogens with one attached hydrogen (secondary N) is 1. The van der Waals surface area contributed by atoms with Crippen molar-refractivity contribution >= 4 is 23.2 Å². The minimum absolute atomic E-state index is 0.182. The number of aliphatic hydroxyl groups is 1. The number of furan rings is 1. The summed E-state index contributed by atoms with van der Waals surface area (Å²) in [5.74, 6) is 1.67. The average molecular weight is 416 g/mol. The van der Waals surface area contributed by atoms with E-state index in [9.17, 15) is 4.79 Å². The van der Waals surface area contributed by atoms with E-state index in [0.29, 0.717) is 33.7 Å². The van der Waals surface area contributed by atoms with Gasteiger partial charge >= 0.3 is 0 Å². The second kappa shape index (κ2) is 9.03. The number of carbonyl (C=O) groups is 1. The zero-order valence-corrected chi connectivity index (χ0v) is 17.2. The summed E-state index contributed by atoms with van der Waals surface area (Å²) < 4.78 is 16.5. The van der Waals surface area contributed by atoms with E-state index >= 15 is 0 Å². The Balaban J connectivity index is 1.74. The van der Waals surface area contributed by atoms with Crippen molar-refractivity contribution in [2.75, 3.05) is 19.0 Å². The van der Waals surface area contributed by atoms with Gasteiger partial charge in [0.2, 0.25) is 0 Å². The van der Waals surface area contributed by atoms with E-state index in [1.165, 1.54) is 7.11 Å². The Kier molecular flexibility index (Phi) is 6.46. The molecule has 0 aliphatic carbocycles. The van der Waals surface area contributed by atoms with Crippen LogP contribution in [0.5, 0.6) is 11.5 Å². The third-order valence-electron chi connectivity index (χ3n) is 4.30. The van der Waals surface area contributed by atoms with E-state index in [-0.39, 0.29) is 19.1 Å². The first-order valence-electron chi connectivity index (χ1n) is 8.98. The summed E-state index contributed by atoms with van der Waals surface area (Å²) in [5.41, 5.74) is 3.10. The number of aliphatic hydroxyl groups excluding tert-OH is 1. The van der Waals surface area contributed by atoms with Crippen molar-refractivity contribution in [3.05, 3.63) is 64.4 Å². The maximum Gasteiger partial charge on any atom is 0.262 e. The van der Waals surface area contributed by atoms with Crippen molar-refractivity contribution in [2.24, 2.45) is 0 Å². The van der Waals surface area contributed by atoms with E-state index in [0.717, 1.165) is 16.7 Å². The number of ether oxygens (including phenoxy) is 2. The van der Waals surface area contributed by atoms with Crippen molar-refractivity contribution in [1.29, 1.82) is 0 Å². The Morgan fingerprint density at radius 2 is 1.97 bits per heavy atom. The minimum Gasteiger partial charge on any atom is -0.495 e. The highest BCUT2D eigenvalue weighted by molar-refractivity contribution is 6.32. The lowest BCUT2D eigenvalue weighted by Gasteiger charge is -2.14. The third kappa shape index (κ3) is 4.91. The van der Waals surface area contributed by atoms with E-state index in [4.69, 9.17) is 30.6 Å². The fourth-order valence-electron chi connectivity index (χ4n) is 2.99. The van der Waals surface area contributed by atoms with Crippen LogP contribution in [0.1, 0.15) is 16.9 Å². The lowest BCUT2D eigenvalue weighted by molar-refractivity contribution is -0.118. The number of hydrogen-bond acceptors (Lipinski definition) is 5. The highest BCUT2D eigenvalue weighted by Crippen LogP contribution is 2.32. The molecule has 152 valence electrons. The van der Waals surface area contributed by atoms with Crippen LogP contribution in [-0.4, -0.2) is 24.7 Å². The average Bonchev–Trinajstić information content (AvgIpc) is 3.16. The molecule has 2 N–H and O–H groups in total. The number of anilines is 1. The van der Waals surface area contributed by atoms with E-state index < -0.39 is 0 Å². The molecular formula is C22H22ClNO5. The molecule has 0 bridgehead atoms. The highest BCUT2D eigenvalue weighted by Gasteiger charge is 2.14. The van der Waals surface area contributed by atoms with Crippen LogP contribution in [0.25, 0.3) is 11.3 Å². The van der Waals surface area contributed by atoms with E-state index in [2.05, 4.69) is 5.32 Å². The molecule has 29 heavy (non-hydrogen) atoms. The van der Waals surface area contributed by atoms with Crippen LogP contribution in [0.3, 0.4) is 0 Å². The van der Waals surface area contributed by atoms with Crippen LogP contribution in [0.4, 0.5) is 5.69 Å². The summed E-state index contributed by atoms with van der Waals surface area (Å²) in [5, 5.41) is 12.4. The van der Waals surface area contributed by atoms with Crippen molar-refractivity contribution in [1.82, 2.24) is 0 Å². The van der Waals surface area contributed by atoms with Crippen molar-refractivity contribution < 1.29 is 23.8 Å². The first-order valence-corrected chi connectivity index (χ1v) is 9.36. The molecule has 1 amide bonds. The Hall–Kier alpha value is -2.96. The number of halogens is 1. The zero-order valence-electron chi connectivity index (χ0n) is 16.4. The largest absolute Gasteiger partial charge is 0.495 e. The van der Waals surface area contributed by atoms with Gasteiger partial charge in [-0.1, -0.05) is 17.7 Å². The molecule has 3 aromatic rings. The molecule has 0 aliphatic rings. The van der Waals surface area contributed by atoms with Gasteiger partial charge < -0.3 is 24.3 Å². The van der Waals surface area contributed by atoms with Crippen LogP contribution in [-0.2, 0) is 11.4 Å². The van der Waals surface area contributed by atoms with Crippen LogP contribution in [0.15, 0.2) is 46.9 Å². The van der Waals surface area contributed by atoms with Gasteiger partial charge in [-0.15, -0.1) is 0 Å². The topological polar surface area (TPSA) is 80.9 Å². The molecule has 3 rings (SSSR count). The summed E-state index contributed by atoms with van der Waals surface area (Å²) in [7, 11) is 1.52. The number of carbonyl (C=O) groups excluding carboxylic acids is 1. The normalized spacial score (nSPS) is 10.7. The number of methoxy groups -OCH3 is 1. The second-order valence-corrected chi connectivity index (χ2v) is 6.98. The zero-order chi connectivity index (χ0) is 21.0. The predicted octanol–water partition coefficient (Wildman–Crippen LogP) is 4.74. The summed E-state index contributed by atoms with van der Waals surface area (Å²) in [6.07, 6.45) is 0. The number of amides is 1. The number of aryl methyl sites for hydroxylation is 2. The Bertz CT molecular complexity index is 1000. The molecular weight excluding hydrogens is 394 g/mol. The number of benzene rings is 2. The second-order valence-electron chi connectivity index (χ2n) is 6.57. The fraction of sp³-hybridized carbons (Fsp3) is 0.227. The molecule has 7 heteroatoms. The minimum atomic E-state index is -0.355. The van der Waals surface area contributed by atoms with Crippen molar-refractivity contribution in [2.45, 2.75) is 20.5 Å². The van der Waals surface area contributed by atoms with Gasteiger partial charge in [-0.05, 0) is 61.4 Å². The summed E-state index contributed by atoms with van der Waals surface area (Å²) >= 11 is 6.22. The molecule has 0 aliphatic heterocycles. The van der Waals surface area contributed by atoms with Gasteiger partial charge in [0.25, 0.3) is 5.91 Å². The molecule has 2 aromatic carbocycles. The summed E-state index contributed by atoms with van der Waals surface area (Å²) in [6.45, 7) is 3.43. The first-order chi connectivity index (χ1) is 13.9. The van der Waals surface area contributed by atoms with Gasteiger partial charge in [-0.25, -0.2) is 0 Å². The number of hydrogen-bond donors (Lipinski definition) is 2. The monoisotopic (exact) mass is 415 g/mol. The van der Waals surface area contributed by atoms with Gasteiger partial charge in [0.1, 0.15) is 29.6 Å². The molecule has 0 saturated carbocycles. The molecule has 1 aromatic heterocycles. The van der Waals surface area contributed by atoms with Gasteiger partial charge in [0.15, 0.2) is 6.61 Å². The Morgan fingerprint density at radius 3 is 2.62 bits per heavy atom. The Morgan fingerprint density at radius 1 is 1.17 bits per heavy atom. The molecule has 1 heterocycles. The van der Waals surface area contributed by atoms with Gasteiger partial charge in [0, 0.05) is 5.56 Å². The van der Waals surface area contributed by atoms with Crippen LogP contribution in [0, 0.1) is 13.8 Å². The molecule has 6 nitrogen and oxygen atoms in total. The van der Waals surface area contributed by atoms with E-state index in [1.54, 1.807) is 36.4 Å². The maximum atomic E-state index is 12.5. The highest BCUT2D eigenvalue weighted by atomic mass is 35.5. The third-order valence-corrected chi connectivity index (χ3v) is 4.58. The quantitative estimate of drug-likeness (QED) is 0.582. The lowest BCUT2D eigenvalue weighted by Crippen LogP contribution is -2.21. The molecule has 0 radical (unpaired) electrons. The smallest absolute Gasteiger partial charge is 0.262 e. The molecule has 0 spiro atoms. The molecule has 0 saturated heterocycles. The summed E-state index contributed by atoms with van der Waals surface area (Å²) in [4.78, 5) is 12.5. The maximum absolute atomic E-state index is 12.5. The first kappa shape index (κ1) is 20.8. The predicted molar refractivity (Wildman–Crippen MR) is 112 cm³/mol. The van der Waals surface area contributed by atoms with Gasteiger partial charge in [-0.2, -0.15) is 0 Å². The Labute approximate surface area is 174 Å². The fourth-order valence-corrected chi connectivity index (χ4v) is 3.36. The van der Waals surface area contributed by atoms with Gasteiger partial charge in [-0.3, -0.25) is 4.79 Å². The van der Waals surface area contributed by atoms with E-state index in [1.807, 2.05) is 19.9 Å². The standard InChI is InChI=1S/C22H22ClNO5/c1-13-8-14(2)22(17(23)9-13)28-12-21(26)24-18-10-15(4-6-20(18)27-3)19-7-5-16(11-25)29-19/h4-10,25H,11-12H2,1-3H3,(H,24,26).